The van der Waals surface area contributed by atoms with E-state index in [0.29, 0.717) is 38.4 Å². The van der Waals surface area contributed by atoms with Crippen LogP contribution in [0.15, 0.2) is 4.99 Å². The second kappa shape index (κ2) is 8.77. The monoisotopic (exact) mass is 459 g/mol. The average Bonchev–Trinajstić information content (AvgIpc) is 2.77. The zero-order chi connectivity index (χ0) is 17.0. The molecule has 2 saturated heterocycles. The molecule has 2 aliphatic rings. The van der Waals surface area contributed by atoms with E-state index in [1.165, 1.54) is 0 Å². The summed E-state index contributed by atoms with van der Waals surface area (Å²) in [7, 11) is 0. The Bertz CT molecular complexity index is 498. The normalized spacial score (nSPS) is 25.4. The zero-order valence-corrected chi connectivity index (χ0v) is 16.1. The summed E-state index contributed by atoms with van der Waals surface area (Å²) in [5.74, 6) is 0.165. The molecule has 1 unspecified atom stereocenters. The summed E-state index contributed by atoms with van der Waals surface area (Å²) in [6.45, 7) is 4.86. The molecule has 24 heavy (non-hydrogen) atoms. The van der Waals surface area contributed by atoms with Crippen LogP contribution in [0.25, 0.3) is 0 Å². The maximum absolute atomic E-state index is 12.4. The van der Waals surface area contributed by atoms with Crippen LogP contribution in [0.5, 0.6) is 0 Å². The molecule has 0 bridgehead atoms. The van der Waals surface area contributed by atoms with Gasteiger partial charge < -0.3 is 15.5 Å². The van der Waals surface area contributed by atoms with Gasteiger partial charge in [-0.25, -0.2) is 18.6 Å². The lowest BCUT2D eigenvalue weighted by molar-refractivity contribution is -0.125. The molecular weight excluding hydrogens is 435 g/mol. The number of amides is 3. The molecule has 2 fully saturated rings. The summed E-state index contributed by atoms with van der Waals surface area (Å²) in [5.41, 5.74) is -0.901. The molecule has 138 valence electrons. The van der Waals surface area contributed by atoms with Gasteiger partial charge in [0.05, 0.1) is 0 Å². The first-order valence-electron chi connectivity index (χ1n) is 7.81. The van der Waals surface area contributed by atoms with Crippen molar-refractivity contribution >= 4 is 41.9 Å². The van der Waals surface area contributed by atoms with Crippen molar-refractivity contribution in [1.82, 2.24) is 20.9 Å². The summed E-state index contributed by atoms with van der Waals surface area (Å²) in [5, 5.41) is 7.98. The Balaban J connectivity index is 0.00000288. The van der Waals surface area contributed by atoms with Gasteiger partial charge in [-0.1, -0.05) is 0 Å². The number of aliphatic imine (C=N–C) groups is 1. The largest absolute Gasteiger partial charge is 0.357 e. The Hall–Kier alpha value is -1.20. The lowest BCUT2D eigenvalue weighted by Crippen LogP contribution is -2.55. The molecule has 2 aliphatic heterocycles. The van der Waals surface area contributed by atoms with Gasteiger partial charge in [-0.15, -0.1) is 24.0 Å². The van der Waals surface area contributed by atoms with E-state index in [-0.39, 0.29) is 35.8 Å². The first kappa shape index (κ1) is 20.8. The molecule has 0 radical (unpaired) electrons. The minimum absolute atomic E-state index is 0. The van der Waals surface area contributed by atoms with Gasteiger partial charge in [-0.2, -0.15) is 0 Å². The third kappa shape index (κ3) is 4.67. The van der Waals surface area contributed by atoms with Crippen molar-refractivity contribution in [2.24, 2.45) is 10.9 Å². The van der Waals surface area contributed by atoms with E-state index in [2.05, 4.69) is 20.9 Å². The van der Waals surface area contributed by atoms with Crippen molar-refractivity contribution < 1.29 is 18.4 Å². The van der Waals surface area contributed by atoms with E-state index in [1.54, 1.807) is 6.92 Å². The Labute approximate surface area is 157 Å². The smallest absolute Gasteiger partial charge is 0.322 e. The number of halogens is 3. The summed E-state index contributed by atoms with van der Waals surface area (Å²) in [6, 6.07) is -0.466. The molecule has 3 N–H and O–H groups in total. The van der Waals surface area contributed by atoms with Crippen molar-refractivity contribution in [2.75, 3.05) is 26.2 Å². The molecule has 0 saturated carbocycles. The fourth-order valence-electron chi connectivity index (χ4n) is 3.09. The molecule has 0 spiro atoms. The quantitative estimate of drug-likeness (QED) is 0.255. The maximum Gasteiger partial charge on any atom is 0.322 e. The number of nitrogens with one attached hydrogen (secondary N) is 3. The van der Waals surface area contributed by atoms with E-state index < -0.39 is 24.5 Å². The van der Waals surface area contributed by atoms with E-state index in [0.717, 1.165) is 0 Å². The van der Waals surface area contributed by atoms with Crippen molar-refractivity contribution in [2.45, 2.75) is 38.7 Å². The summed E-state index contributed by atoms with van der Waals surface area (Å²) < 4.78 is 24.7. The fourth-order valence-corrected chi connectivity index (χ4v) is 3.09. The molecule has 7 nitrogen and oxygen atoms in total. The van der Waals surface area contributed by atoms with Crippen molar-refractivity contribution in [3.8, 4) is 0 Å². The van der Waals surface area contributed by atoms with Gasteiger partial charge in [-0.05, 0) is 32.6 Å². The number of likely N-dealkylation sites (tertiary alicyclic amines) is 1. The molecule has 2 rings (SSSR count). The first-order valence-corrected chi connectivity index (χ1v) is 7.81. The number of rotatable bonds is 4. The van der Waals surface area contributed by atoms with Gasteiger partial charge in [0.1, 0.15) is 12.1 Å². The Morgan fingerprint density at radius 2 is 2.04 bits per heavy atom. The van der Waals surface area contributed by atoms with E-state index in [9.17, 15) is 18.4 Å². The number of hydrogen-bond acceptors (Lipinski definition) is 3. The van der Waals surface area contributed by atoms with Gasteiger partial charge in [0.25, 0.3) is 12.3 Å². The second-order valence-electron chi connectivity index (χ2n) is 5.96. The number of guanidine groups is 1. The number of alkyl halides is 2. The number of carbonyl (C=O) groups excluding carboxylic acids is 2. The average molecular weight is 459 g/mol. The van der Waals surface area contributed by atoms with Gasteiger partial charge >= 0.3 is 6.03 Å². The van der Waals surface area contributed by atoms with Crippen LogP contribution in [0, 0.1) is 5.92 Å². The van der Waals surface area contributed by atoms with E-state index in [4.69, 9.17) is 0 Å². The van der Waals surface area contributed by atoms with Crippen molar-refractivity contribution in [1.29, 1.82) is 0 Å². The van der Waals surface area contributed by atoms with Crippen LogP contribution in [0.3, 0.4) is 0 Å². The molecule has 0 aliphatic carbocycles. The van der Waals surface area contributed by atoms with Crippen LogP contribution in [0.2, 0.25) is 0 Å². The molecule has 0 aromatic rings. The van der Waals surface area contributed by atoms with Crippen LogP contribution in [0.4, 0.5) is 13.6 Å². The zero-order valence-electron chi connectivity index (χ0n) is 13.8. The molecule has 1 atom stereocenters. The number of nitrogens with zero attached hydrogens (tertiary/aromatic N) is 2. The van der Waals surface area contributed by atoms with Crippen LogP contribution in [0.1, 0.15) is 26.7 Å². The van der Waals surface area contributed by atoms with Crippen molar-refractivity contribution in [3.63, 3.8) is 0 Å². The Kier molecular flexibility index (Phi) is 7.61. The van der Waals surface area contributed by atoms with Gasteiger partial charge in [-0.3, -0.25) is 10.1 Å². The van der Waals surface area contributed by atoms with Gasteiger partial charge in [0.15, 0.2) is 5.96 Å². The highest BCUT2D eigenvalue weighted by atomic mass is 127. The fraction of sp³-hybridized carbons (Fsp3) is 0.786. The van der Waals surface area contributed by atoms with Crippen LogP contribution in [-0.2, 0) is 4.79 Å². The highest BCUT2D eigenvalue weighted by Gasteiger charge is 2.48. The van der Waals surface area contributed by atoms with E-state index in [1.807, 2.05) is 11.8 Å². The standard InChI is InChI=1S/C14H23F2N5O2.HI/c1-3-17-12(18-8-10(15)16)21-6-4-9(5-7-21)14(2)11(22)19-13(23)20-14;/h9-10H,3-8H2,1-2H3,(H,17,18)(H2,19,20,22,23);1H. The number of hydrogen-bond donors (Lipinski definition) is 3. The highest BCUT2D eigenvalue weighted by Crippen LogP contribution is 2.30. The lowest BCUT2D eigenvalue weighted by atomic mass is 9.79. The second-order valence-corrected chi connectivity index (χ2v) is 5.96. The van der Waals surface area contributed by atoms with Crippen LogP contribution >= 0.6 is 24.0 Å². The maximum atomic E-state index is 12.4. The number of urea groups is 1. The van der Waals surface area contributed by atoms with Crippen LogP contribution in [-0.4, -0.2) is 60.9 Å². The highest BCUT2D eigenvalue weighted by molar-refractivity contribution is 14.0. The topological polar surface area (TPSA) is 85.8 Å². The van der Waals surface area contributed by atoms with E-state index >= 15 is 0 Å². The number of piperidine rings is 1. The molecule has 3 amide bonds. The predicted molar refractivity (Wildman–Crippen MR) is 96.8 cm³/mol. The molecule has 10 heteroatoms. The summed E-state index contributed by atoms with van der Waals surface area (Å²) in [4.78, 5) is 29.2. The third-order valence-electron chi connectivity index (χ3n) is 4.40. The molecule has 0 aromatic heterocycles. The first-order chi connectivity index (χ1) is 10.9. The molecular formula is C14H24F2IN5O2. The molecule has 0 aromatic carbocycles. The van der Waals surface area contributed by atoms with Crippen LogP contribution < -0.4 is 16.0 Å². The summed E-state index contributed by atoms with van der Waals surface area (Å²) in [6.07, 6.45) is -1.13. The minimum atomic E-state index is -2.47. The van der Waals surface area contributed by atoms with Crippen molar-refractivity contribution in [3.05, 3.63) is 0 Å². The lowest BCUT2D eigenvalue weighted by Gasteiger charge is -2.39. The number of imide groups is 1. The minimum Gasteiger partial charge on any atom is -0.357 e. The number of carbonyl (C=O) groups is 2. The van der Waals surface area contributed by atoms with Gasteiger partial charge in [0.2, 0.25) is 0 Å². The third-order valence-corrected chi connectivity index (χ3v) is 4.40. The Morgan fingerprint density at radius 3 is 2.50 bits per heavy atom. The SMILES string of the molecule is CCNC(=NCC(F)F)N1CCC(C2(C)NC(=O)NC2=O)CC1.I. The molecule has 2 heterocycles. The predicted octanol–water partition coefficient (Wildman–Crippen LogP) is 1.15. The Morgan fingerprint density at radius 1 is 1.42 bits per heavy atom. The van der Waals surface area contributed by atoms with Gasteiger partial charge in [0, 0.05) is 19.6 Å². The summed E-state index contributed by atoms with van der Waals surface area (Å²) >= 11 is 0.